The van der Waals surface area contributed by atoms with Crippen LogP contribution in [0.1, 0.15) is 0 Å². The van der Waals surface area contributed by atoms with Gasteiger partial charge in [-0.1, -0.05) is 0 Å². The second kappa shape index (κ2) is 3.16. The van der Waals surface area contributed by atoms with Gasteiger partial charge in [0.15, 0.2) is 0 Å². The minimum absolute atomic E-state index is 0.362. The summed E-state index contributed by atoms with van der Waals surface area (Å²) in [5.74, 6) is -0.620. The minimum atomic E-state index is -4.04. The third kappa shape index (κ3) is 7.89. The summed E-state index contributed by atoms with van der Waals surface area (Å²) < 4.78 is 27.8. The fourth-order valence-electron chi connectivity index (χ4n) is 0.254. The molecule has 0 aliphatic carbocycles. The number of hydrogen-bond donors (Lipinski definition) is 3. The first-order valence-corrected chi connectivity index (χ1v) is 3.84. The Morgan fingerprint density at radius 1 is 1.33 bits per heavy atom. The molecule has 0 fully saturated rings. The fourth-order valence-corrected chi connectivity index (χ4v) is 0.763. The van der Waals surface area contributed by atoms with Crippen LogP contribution in [0.4, 0.5) is 0 Å². The van der Waals surface area contributed by atoms with Crippen LogP contribution < -0.4 is 0 Å². The van der Waals surface area contributed by atoms with E-state index in [-0.39, 0.29) is 6.32 Å². The van der Waals surface area contributed by atoms with Gasteiger partial charge in [0, 0.05) is 0 Å². The lowest BCUT2D eigenvalue weighted by Gasteiger charge is -1.93. The zero-order valence-electron chi connectivity index (χ0n) is 4.56. The predicted molar refractivity (Wildman–Crippen MR) is 31.4 cm³/mol. The summed E-state index contributed by atoms with van der Waals surface area (Å²) in [5, 5.41) is 16.2. The van der Waals surface area contributed by atoms with Gasteiger partial charge >= 0.3 is 7.12 Å². The molecule has 0 saturated carbocycles. The van der Waals surface area contributed by atoms with E-state index in [1.54, 1.807) is 0 Å². The highest BCUT2D eigenvalue weighted by atomic mass is 32.2. The van der Waals surface area contributed by atoms with E-state index in [0.717, 1.165) is 0 Å². The van der Waals surface area contributed by atoms with Gasteiger partial charge in [0.2, 0.25) is 0 Å². The van der Waals surface area contributed by atoms with Crippen molar-refractivity contribution in [1.82, 2.24) is 0 Å². The molecule has 0 atom stereocenters. The molecule has 0 aromatic carbocycles. The standard InChI is InChI=1S/C2H7BO5S/c4-3(5)1-2-9(6,7)8/h4-5H,1-2H2,(H,6,7,8). The Morgan fingerprint density at radius 3 is 1.89 bits per heavy atom. The maximum atomic E-state index is 9.87. The first kappa shape index (κ1) is 8.89. The summed E-state index contributed by atoms with van der Waals surface area (Å²) in [5.41, 5.74) is 0. The molecule has 0 bridgehead atoms. The van der Waals surface area contributed by atoms with Crippen LogP contribution in [0.15, 0.2) is 0 Å². The molecule has 0 radical (unpaired) electrons. The van der Waals surface area contributed by atoms with Crippen molar-refractivity contribution in [2.45, 2.75) is 6.32 Å². The van der Waals surface area contributed by atoms with Gasteiger partial charge in [0.05, 0.1) is 5.75 Å². The molecular weight excluding hydrogens is 147 g/mol. The summed E-state index contributed by atoms with van der Waals surface area (Å²) >= 11 is 0. The third-order valence-corrected chi connectivity index (χ3v) is 1.39. The van der Waals surface area contributed by atoms with E-state index >= 15 is 0 Å². The van der Waals surface area contributed by atoms with Gasteiger partial charge in [0.25, 0.3) is 10.1 Å². The highest BCUT2D eigenvalue weighted by Gasteiger charge is 2.12. The monoisotopic (exact) mass is 154 g/mol. The van der Waals surface area contributed by atoms with E-state index in [9.17, 15) is 8.42 Å². The average molecular weight is 154 g/mol. The molecule has 5 nitrogen and oxygen atoms in total. The first-order valence-electron chi connectivity index (χ1n) is 2.23. The van der Waals surface area contributed by atoms with Gasteiger partial charge in [0.1, 0.15) is 0 Å². The molecule has 0 heterocycles. The molecule has 7 heteroatoms. The van der Waals surface area contributed by atoms with Crippen molar-refractivity contribution >= 4 is 17.2 Å². The zero-order chi connectivity index (χ0) is 7.49. The van der Waals surface area contributed by atoms with Crippen LogP contribution in [-0.4, -0.2) is 35.9 Å². The van der Waals surface area contributed by atoms with E-state index in [0.29, 0.717) is 0 Å². The molecule has 0 unspecified atom stereocenters. The first-order chi connectivity index (χ1) is 3.92. The molecule has 54 valence electrons. The summed E-state index contributed by atoms with van der Waals surface area (Å²) in [4.78, 5) is 0. The lowest BCUT2D eigenvalue weighted by Crippen LogP contribution is -2.16. The van der Waals surface area contributed by atoms with Crippen LogP contribution in [0.2, 0.25) is 6.32 Å². The quantitative estimate of drug-likeness (QED) is 0.334. The molecule has 0 amide bonds. The van der Waals surface area contributed by atoms with Gasteiger partial charge < -0.3 is 10.0 Å². The largest absolute Gasteiger partial charge is 0.452 e. The lowest BCUT2D eigenvalue weighted by atomic mass is 9.88. The number of rotatable bonds is 3. The van der Waals surface area contributed by atoms with E-state index in [4.69, 9.17) is 14.6 Å². The molecular formula is C2H7BO5S. The molecule has 0 aliphatic heterocycles. The van der Waals surface area contributed by atoms with Crippen LogP contribution in [0.5, 0.6) is 0 Å². The normalized spacial score (nSPS) is 11.4. The molecule has 0 rings (SSSR count). The second-order valence-electron chi connectivity index (χ2n) is 1.56. The SMILES string of the molecule is O=S(=O)(O)CCB(O)O. The van der Waals surface area contributed by atoms with E-state index < -0.39 is 23.0 Å². The fraction of sp³-hybridized carbons (Fsp3) is 1.00. The van der Waals surface area contributed by atoms with Crippen molar-refractivity contribution < 1.29 is 23.0 Å². The van der Waals surface area contributed by atoms with Gasteiger partial charge in [-0.2, -0.15) is 8.42 Å². The van der Waals surface area contributed by atoms with Crippen molar-refractivity contribution in [3.8, 4) is 0 Å². The Labute approximate surface area is 53.2 Å². The van der Waals surface area contributed by atoms with E-state index in [2.05, 4.69) is 0 Å². The van der Waals surface area contributed by atoms with Crippen LogP contribution >= 0.6 is 0 Å². The van der Waals surface area contributed by atoms with Gasteiger partial charge in [-0.25, -0.2) is 0 Å². The maximum Gasteiger partial charge on any atom is 0.452 e. The van der Waals surface area contributed by atoms with Crippen LogP contribution in [0, 0.1) is 0 Å². The van der Waals surface area contributed by atoms with Crippen molar-refractivity contribution in [3.05, 3.63) is 0 Å². The summed E-state index contributed by atoms with van der Waals surface area (Å²) in [6.07, 6.45) is -0.362. The molecule has 3 N–H and O–H groups in total. The van der Waals surface area contributed by atoms with Crippen molar-refractivity contribution in [2.24, 2.45) is 0 Å². The van der Waals surface area contributed by atoms with Crippen LogP contribution in [0.25, 0.3) is 0 Å². The second-order valence-corrected chi connectivity index (χ2v) is 3.13. The zero-order valence-corrected chi connectivity index (χ0v) is 5.37. The lowest BCUT2D eigenvalue weighted by molar-refractivity contribution is 0.405. The topological polar surface area (TPSA) is 94.8 Å². The highest BCUT2D eigenvalue weighted by Crippen LogP contribution is 1.89. The summed E-state index contributed by atoms with van der Waals surface area (Å²) in [6.45, 7) is 0. The van der Waals surface area contributed by atoms with Crippen molar-refractivity contribution in [3.63, 3.8) is 0 Å². The Bertz CT molecular complexity index is 160. The Balaban J connectivity index is 3.53. The highest BCUT2D eigenvalue weighted by molar-refractivity contribution is 7.85. The van der Waals surface area contributed by atoms with Crippen LogP contribution in [-0.2, 0) is 10.1 Å². The average Bonchev–Trinajstić information content (AvgIpc) is 1.59. The van der Waals surface area contributed by atoms with Gasteiger partial charge in [-0.15, -0.1) is 0 Å². The summed E-state index contributed by atoms with van der Waals surface area (Å²) in [7, 11) is -5.71. The van der Waals surface area contributed by atoms with E-state index in [1.807, 2.05) is 0 Å². The minimum Gasteiger partial charge on any atom is -0.427 e. The van der Waals surface area contributed by atoms with Gasteiger partial charge in [-0.05, 0) is 6.32 Å². The Kier molecular flexibility index (Phi) is 3.13. The third-order valence-electron chi connectivity index (χ3n) is 0.634. The van der Waals surface area contributed by atoms with Crippen molar-refractivity contribution in [1.29, 1.82) is 0 Å². The predicted octanol–water partition coefficient (Wildman–Crippen LogP) is -1.65. The Morgan fingerprint density at radius 2 is 1.78 bits per heavy atom. The molecule has 0 aromatic rings. The molecule has 9 heavy (non-hydrogen) atoms. The van der Waals surface area contributed by atoms with Crippen LogP contribution in [0.3, 0.4) is 0 Å². The Hall–Kier alpha value is -0.105. The number of hydrogen-bond acceptors (Lipinski definition) is 4. The molecule has 0 aliphatic rings. The van der Waals surface area contributed by atoms with E-state index in [1.165, 1.54) is 0 Å². The molecule has 0 aromatic heterocycles. The maximum absolute atomic E-state index is 9.87. The van der Waals surface area contributed by atoms with Crippen molar-refractivity contribution in [2.75, 3.05) is 5.75 Å². The molecule has 0 saturated heterocycles. The molecule has 0 spiro atoms. The van der Waals surface area contributed by atoms with Gasteiger partial charge in [-0.3, -0.25) is 4.55 Å². The summed E-state index contributed by atoms with van der Waals surface area (Å²) in [6, 6.07) is 0. The smallest absolute Gasteiger partial charge is 0.427 e.